The molecular formula is C18H16N2O2. The third-order valence-electron chi connectivity index (χ3n) is 3.70. The van der Waals surface area contributed by atoms with E-state index in [1.807, 2.05) is 72.8 Å². The molecule has 2 aromatic carbocycles. The van der Waals surface area contributed by atoms with Crippen LogP contribution in [-0.4, -0.2) is 16.5 Å². The van der Waals surface area contributed by atoms with Gasteiger partial charge in [0, 0.05) is 16.3 Å². The van der Waals surface area contributed by atoms with E-state index in [0.717, 1.165) is 22.5 Å². The van der Waals surface area contributed by atoms with Crippen LogP contribution in [-0.2, 0) is 0 Å². The second-order valence-electron chi connectivity index (χ2n) is 5.17. The summed E-state index contributed by atoms with van der Waals surface area (Å²) >= 11 is 0. The number of aromatic amines is 1. The van der Waals surface area contributed by atoms with E-state index in [0.29, 0.717) is 0 Å². The molecule has 0 aliphatic heterocycles. The summed E-state index contributed by atoms with van der Waals surface area (Å²) in [5.74, 6) is -0.270. The first-order chi connectivity index (χ1) is 10.7. The van der Waals surface area contributed by atoms with Crippen molar-refractivity contribution in [3.63, 3.8) is 0 Å². The van der Waals surface area contributed by atoms with Crippen molar-refractivity contribution < 1.29 is 4.92 Å². The van der Waals surface area contributed by atoms with Crippen molar-refractivity contribution in [3.05, 3.63) is 94.2 Å². The normalized spacial score (nSPS) is 12.0. The summed E-state index contributed by atoms with van der Waals surface area (Å²) < 4.78 is 0. The number of nitrogens with zero attached hydrogens (tertiary/aromatic N) is 1. The van der Waals surface area contributed by atoms with Crippen LogP contribution in [0.5, 0.6) is 0 Å². The zero-order valence-corrected chi connectivity index (χ0v) is 12.0. The molecule has 3 aromatic rings. The van der Waals surface area contributed by atoms with E-state index >= 15 is 0 Å². The van der Waals surface area contributed by atoms with E-state index in [9.17, 15) is 10.1 Å². The topological polar surface area (TPSA) is 58.9 Å². The number of aromatic nitrogens is 1. The lowest BCUT2D eigenvalue weighted by Crippen LogP contribution is -2.14. The second kappa shape index (κ2) is 6.26. The van der Waals surface area contributed by atoms with Gasteiger partial charge in [-0.2, -0.15) is 0 Å². The highest BCUT2D eigenvalue weighted by molar-refractivity contribution is 5.60. The van der Waals surface area contributed by atoms with E-state index in [1.165, 1.54) is 0 Å². The number of rotatable bonds is 5. The van der Waals surface area contributed by atoms with Gasteiger partial charge in [-0.05, 0) is 23.3 Å². The van der Waals surface area contributed by atoms with Gasteiger partial charge in [-0.25, -0.2) is 0 Å². The van der Waals surface area contributed by atoms with E-state index in [4.69, 9.17) is 0 Å². The van der Waals surface area contributed by atoms with Crippen LogP contribution in [0, 0.1) is 10.1 Å². The van der Waals surface area contributed by atoms with Gasteiger partial charge in [-0.1, -0.05) is 60.7 Å². The average Bonchev–Trinajstić information content (AvgIpc) is 3.04. The van der Waals surface area contributed by atoms with Crippen molar-refractivity contribution in [1.82, 2.24) is 4.98 Å². The number of nitrogens with one attached hydrogen (secondary N) is 1. The molecule has 0 aliphatic carbocycles. The molecule has 110 valence electrons. The minimum atomic E-state index is -0.270. The van der Waals surface area contributed by atoms with Gasteiger partial charge in [0.2, 0.25) is 6.54 Å². The van der Waals surface area contributed by atoms with Crippen LogP contribution >= 0.6 is 0 Å². The SMILES string of the molecule is O=[N+]([O-])C[C@@H](c1ccccc1)c1ccc(-c2ccccc2)[nH]1. The Bertz CT molecular complexity index is 751. The summed E-state index contributed by atoms with van der Waals surface area (Å²) in [7, 11) is 0. The zero-order chi connectivity index (χ0) is 15.4. The monoisotopic (exact) mass is 292 g/mol. The van der Waals surface area contributed by atoms with Gasteiger partial charge in [0.1, 0.15) is 0 Å². The van der Waals surface area contributed by atoms with Crippen LogP contribution < -0.4 is 0 Å². The highest BCUT2D eigenvalue weighted by atomic mass is 16.6. The largest absolute Gasteiger partial charge is 0.358 e. The Morgan fingerprint density at radius 2 is 1.55 bits per heavy atom. The molecule has 4 nitrogen and oxygen atoms in total. The lowest BCUT2D eigenvalue weighted by atomic mass is 9.96. The molecule has 0 radical (unpaired) electrons. The molecule has 1 aromatic heterocycles. The van der Waals surface area contributed by atoms with Gasteiger partial charge in [0.05, 0.1) is 5.92 Å². The van der Waals surface area contributed by atoms with Crippen molar-refractivity contribution in [1.29, 1.82) is 0 Å². The van der Waals surface area contributed by atoms with Crippen molar-refractivity contribution >= 4 is 0 Å². The minimum Gasteiger partial charge on any atom is -0.358 e. The quantitative estimate of drug-likeness (QED) is 0.568. The minimum absolute atomic E-state index is 0.126. The average molecular weight is 292 g/mol. The van der Waals surface area contributed by atoms with Gasteiger partial charge >= 0.3 is 0 Å². The number of nitro groups is 1. The molecule has 1 N–H and O–H groups in total. The third kappa shape index (κ3) is 3.06. The van der Waals surface area contributed by atoms with Crippen molar-refractivity contribution in [2.45, 2.75) is 5.92 Å². The Morgan fingerprint density at radius 3 is 2.18 bits per heavy atom. The van der Waals surface area contributed by atoms with Gasteiger partial charge in [-0.15, -0.1) is 0 Å². The summed E-state index contributed by atoms with van der Waals surface area (Å²) in [6.45, 7) is -0.126. The maximum absolute atomic E-state index is 11.0. The predicted molar refractivity (Wildman–Crippen MR) is 86.4 cm³/mol. The van der Waals surface area contributed by atoms with E-state index in [-0.39, 0.29) is 17.4 Å². The van der Waals surface area contributed by atoms with Crippen LogP contribution in [0.1, 0.15) is 17.2 Å². The fourth-order valence-corrected chi connectivity index (χ4v) is 2.62. The molecule has 0 saturated heterocycles. The molecule has 0 saturated carbocycles. The second-order valence-corrected chi connectivity index (χ2v) is 5.17. The molecule has 0 bridgehead atoms. The molecule has 0 fully saturated rings. The molecule has 22 heavy (non-hydrogen) atoms. The Balaban J connectivity index is 1.95. The fourth-order valence-electron chi connectivity index (χ4n) is 2.62. The zero-order valence-electron chi connectivity index (χ0n) is 12.0. The van der Waals surface area contributed by atoms with Crippen LogP contribution in [0.2, 0.25) is 0 Å². The van der Waals surface area contributed by atoms with Crippen LogP contribution in [0.25, 0.3) is 11.3 Å². The van der Waals surface area contributed by atoms with Crippen molar-refractivity contribution in [2.24, 2.45) is 0 Å². The first-order valence-electron chi connectivity index (χ1n) is 7.15. The molecule has 0 amide bonds. The van der Waals surface area contributed by atoms with E-state index < -0.39 is 0 Å². The standard InChI is InChI=1S/C18H16N2O2/c21-20(22)13-16(14-7-3-1-4-8-14)18-12-11-17(19-18)15-9-5-2-6-10-15/h1-12,16,19H,13H2/t16-/m0/s1. The fraction of sp³-hybridized carbons (Fsp3) is 0.111. The smallest absolute Gasteiger partial charge is 0.216 e. The van der Waals surface area contributed by atoms with Gasteiger partial charge in [0.25, 0.3) is 0 Å². The highest BCUT2D eigenvalue weighted by Crippen LogP contribution is 2.27. The number of H-pyrrole nitrogens is 1. The molecule has 0 aliphatic rings. The predicted octanol–water partition coefficient (Wildman–Crippen LogP) is 4.09. The summed E-state index contributed by atoms with van der Waals surface area (Å²) in [5.41, 5.74) is 3.85. The number of hydrogen-bond donors (Lipinski definition) is 1. The summed E-state index contributed by atoms with van der Waals surface area (Å²) in [5, 5.41) is 11.0. The van der Waals surface area contributed by atoms with Gasteiger partial charge < -0.3 is 4.98 Å². The first kappa shape index (κ1) is 14.1. The molecule has 4 heteroatoms. The maximum atomic E-state index is 11.0. The summed E-state index contributed by atoms with van der Waals surface area (Å²) in [4.78, 5) is 14.1. The molecule has 0 unspecified atom stereocenters. The Labute approximate surface area is 128 Å². The van der Waals surface area contributed by atoms with E-state index in [1.54, 1.807) is 0 Å². The summed E-state index contributed by atoms with van der Waals surface area (Å²) in [6.07, 6.45) is 0. The highest BCUT2D eigenvalue weighted by Gasteiger charge is 2.21. The van der Waals surface area contributed by atoms with Gasteiger partial charge in [0.15, 0.2) is 0 Å². The maximum Gasteiger partial charge on any atom is 0.216 e. The number of benzene rings is 2. The molecule has 0 spiro atoms. The summed E-state index contributed by atoms with van der Waals surface area (Å²) in [6, 6.07) is 23.4. The molecule has 3 rings (SSSR count). The lowest BCUT2D eigenvalue weighted by molar-refractivity contribution is -0.481. The van der Waals surface area contributed by atoms with Gasteiger partial charge in [-0.3, -0.25) is 10.1 Å². The van der Waals surface area contributed by atoms with E-state index in [2.05, 4.69) is 4.98 Å². The molecular weight excluding hydrogens is 276 g/mol. The lowest BCUT2D eigenvalue weighted by Gasteiger charge is -2.12. The van der Waals surface area contributed by atoms with Crippen LogP contribution in [0.3, 0.4) is 0 Å². The van der Waals surface area contributed by atoms with Crippen molar-refractivity contribution in [2.75, 3.05) is 6.54 Å². The van der Waals surface area contributed by atoms with Crippen molar-refractivity contribution in [3.8, 4) is 11.3 Å². The van der Waals surface area contributed by atoms with Crippen LogP contribution in [0.15, 0.2) is 72.8 Å². The molecule has 1 atom stereocenters. The Kier molecular flexibility index (Phi) is 4.01. The Morgan fingerprint density at radius 1 is 0.909 bits per heavy atom. The Hall–Kier alpha value is -2.88. The molecule has 1 heterocycles. The third-order valence-corrected chi connectivity index (χ3v) is 3.70. The van der Waals surface area contributed by atoms with Crippen LogP contribution in [0.4, 0.5) is 0 Å². The first-order valence-corrected chi connectivity index (χ1v) is 7.15. The number of hydrogen-bond acceptors (Lipinski definition) is 2.